The van der Waals surface area contributed by atoms with Crippen LogP contribution in [0.25, 0.3) is 0 Å². The third kappa shape index (κ3) is 3.37. The highest BCUT2D eigenvalue weighted by molar-refractivity contribution is 6.07. The Morgan fingerprint density at radius 1 is 1.28 bits per heavy atom. The van der Waals surface area contributed by atoms with Crippen molar-refractivity contribution in [3.05, 3.63) is 42.2 Å². The summed E-state index contributed by atoms with van der Waals surface area (Å²) in [7, 11) is 0. The van der Waals surface area contributed by atoms with Crippen molar-refractivity contribution in [2.75, 3.05) is 22.5 Å². The number of rotatable bonds is 3. The highest BCUT2D eigenvalue weighted by atomic mass is 19.1. The Hall–Kier alpha value is -3.16. The van der Waals surface area contributed by atoms with E-state index in [1.807, 2.05) is 0 Å². The summed E-state index contributed by atoms with van der Waals surface area (Å²) in [5.74, 6) is -0.498. The standard InChI is InChI=1S/C17H17FN4O3/c1-17(2)16(24)22(15-12(25-17)7-8-13(19)21-15)9-14(23)20-11-5-3-10(18)4-6-11/h3-8H,9H2,1-2H3,(H2,19,21)(H,20,23). The number of carbonyl (C=O) groups is 2. The molecular weight excluding hydrogens is 327 g/mol. The Bertz CT molecular complexity index is 836. The fourth-order valence-electron chi connectivity index (χ4n) is 2.49. The van der Waals surface area contributed by atoms with E-state index < -0.39 is 23.2 Å². The lowest BCUT2D eigenvalue weighted by atomic mass is 10.1. The van der Waals surface area contributed by atoms with Gasteiger partial charge in [-0.1, -0.05) is 0 Å². The van der Waals surface area contributed by atoms with Crippen molar-refractivity contribution in [1.29, 1.82) is 0 Å². The van der Waals surface area contributed by atoms with Crippen LogP contribution in [0.2, 0.25) is 0 Å². The van der Waals surface area contributed by atoms with Gasteiger partial charge in [-0.25, -0.2) is 9.37 Å². The summed E-state index contributed by atoms with van der Waals surface area (Å²) in [6.45, 7) is 2.95. The van der Waals surface area contributed by atoms with Gasteiger partial charge in [0, 0.05) is 5.69 Å². The van der Waals surface area contributed by atoms with Gasteiger partial charge in [-0.2, -0.15) is 0 Å². The van der Waals surface area contributed by atoms with E-state index >= 15 is 0 Å². The first-order valence-corrected chi connectivity index (χ1v) is 7.59. The second-order valence-electron chi connectivity index (χ2n) is 6.12. The van der Waals surface area contributed by atoms with Crippen LogP contribution in [0.1, 0.15) is 13.8 Å². The second kappa shape index (κ2) is 6.04. The van der Waals surface area contributed by atoms with Gasteiger partial charge in [-0.05, 0) is 50.2 Å². The molecule has 8 heteroatoms. The van der Waals surface area contributed by atoms with Crippen LogP contribution in [0, 0.1) is 5.82 Å². The van der Waals surface area contributed by atoms with E-state index in [0.717, 1.165) is 0 Å². The van der Waals surface area contributed by atoms with E-state index in [4.69, 9.17) is 10.5 Å². The van der Waals surface area contributed by atoms with Crippen LogP contribution in [0.3, 0.4) is 0 Å². The molecule has 0 fully saturated rings. The molecule has 1 aromatic heterocycles. The van der Waals surface area contributed by atoms with Gasteiger partial charge < -0.3 is 15.8 Å². The zero-order chi connectivity index (χ0) is 18.2. The van der Waals surface area contributed by atoms with Gasteiger partial charge in [-0.3, -0.25) is 14.5 Å². The highest BCUT2D eigenvalue weighted by Gasteiger charge is 2.42. The third-order valence-corrected chi connectivity index (χ3v) is 3.67. The molecule has 1 aliphatic rings. The minimum Gasteiger partial charge on any atom is -0.474 e. The molecule has 0 radical (unpaired) electrons. The SMILES string of the molecule is CC1(C)Oc2ccc(N)nc2N(CC(=O)Nc2ccc(F)cc2)C1=O. The van der Waals surface area contributed by atoms with Crippen molar-refractivity contribution in [3.8, 4) is 5.75 Å². The molecule has 0 bridgehead atoms. The first-order chi connectivity index (χ1) is 11.8. The number of fused-ring (bicyclic) bond motifs is 1. The van der Waals surface area contributed by atoms with E-state index in [9.17, 15) is 14.0 Å². The van der Waals surface area contributed by atoms with Gasteiger partial charge in [0.25, 0.3) is 5.91 Å². The molecule has 0 atom stereocenters. The van der Waals surface area contributed by atoms with E-state index in [1.165, 1.54) is 29.2 Å². The van der Waals surface area contributed by atoms with Crippen molar-refractivity contribution in [2.45, 2.75) is 19.4 Å². The zero-order valence-electron chi connectivity index (χ0n) is 13.7. The Kier molecular flexibility index (Phi) is 4.03. The number of carbonyl (C=O) groups excluding carboxylic acids is 2. The van der Waals surface area contributed by atoms with Crippen LogP contribution in [-0.4, -0.2) is 28.9 Å². The number of halogens is 1. The normalized spacial score (nSPS) is 15.3. The number of aromatic nitrogens is 1. The molecule has 130 valence electrons. The smallest absolute Gasteiger partial charge is 0.272 e. The lowest BCUT2D eigenvalue weighted by Gasteiger charge is -2.37. The number of nitrogens with two attached hydrogens (primary N) is 1. The number of nitrogens with one attached hydrogen (secondary N) is 1. The molecule has 25 heavy (non-hydrogen) atoms. The lowest BCUT2D eigenvalue weighted by molar-refractivity contribution is -0.133. The molecule has 0 spiro atoms. The minimum atomic E-state index is -1.14. The van der Waals surface area contributed by atoms with Crippen molar-refractivity contribution in [1.82, 2.24) is 4.98 Å². The number of nitrogens with zero attached hydrogens (tertiary/aromatic N) is 2. The van der Waals surface area contributed by atoms with Crippen molar-refractivity contribution in [2.24, 2.45) is 0 Å². The van der Waals surface area contributed by atoms with Crippen LogP contribution in [0.4, 0.5) is 21.7 Å². The second-order valence-corrected chi connectivity index (χ2v) is 6.12. The average Bonchev–Trinajstić information content (AvgIpc) is 2.55. The summed E-state index contributed by atoms with van der Waals surface area (Å²) in [5, 5.41) is 2.61. The summed E-state index contributed by atoms with van der Waals surface area (Å²) in [5.41, 5.74) is 4.97. The van der Waals surface area contributed by atoms with Gasteiger partial charge >= 0.3 is 0 Å². The fraction of sp³-hybridized carbons (Fsp3) is 0.235. The molecule has 0 unspecified atom stereocenters. The van der Waals surface area contributed by atoms with Crippen molar-refractivity contribution < 1.29 is 18.7 Å². The topological polar surface area (TPSA) is 97.6 Å². The molecule has 3 N–H and O–H groups in total. The first kappa shape index (κ1) is 16.7. The van der Waals surface area contributed by atoms with E-state index in [-0.39, 0.29) is 18.2 Å². The van der Waals surface area contributed by atoms with Crippen LogP contribution in [-0.2, 0) is 9.59 Å². The molecule has 1 aliphatic heterocycles. The maximum atomic E-state index is 12.9. The predicted molar refractivity (Wildman–Crippen MR) is 90.7 cm³/mol. The Labute approximate surface area is 143 Å². The van der Waals surface area contributed by atoms with E-state index in [2.05, 4.69) is 10.3 Å². The molecule has 0 saturated carbocycles. The molecule has 1 aromatic carbocycles. The Morgan fingerprint density at radius 2 is 1.96 bits per heavy atom. The highest BCUT2D eigenvalue weighted by Crippen LogP contribution is 2.36. The van der Waals surface area contributed by atoms with Gasteiger partial charge in [-0.15, -0.1) is 0 Å². The van der Waals surface area contributed by atoms with Crippen LogP contribution in [0.5, 0.6) is 5.75 Å². The molecule has 2 amide bonds. The fourth-order valence-corrected chi connectivity index (χ4v) is 2.49. The summed E-state index contributed by atoms with van der Waals surface area (Å²) in [6, 6.07) is 8.50. The van der Waals surface area contributed by atoms with Crippen LogP contribution < -0.4 is 20.7 Å². The van der Waals surface area contributed by atoms with Crippen molar-refractivity contribution >= 4 is 29.1 Å². The predicted octanol–water partition coefficient (Wildman–Crippen LogP) is 1.95. The monoisotopic (exact) mass is 344 g/mol. The number of nitrogen functional groups attached to an aromatic ring is 1. The molecule has 0 saturated heterocycles. The van der Waals surface area contributed by atoms with Gasteiger partial charge in [0.15, 0.2) is 17.2 Å². The van der Waals surface area contributed by atoms with Gasteiger partial charge in [0.2, 0.25) is 5.91 Å². The number of amides is 2. The van der Waals surface area contributed by atoms with Gasteiger partial charge in [0.05, 0.1) is 0 Å². The largest absolute Gasteiger partial charge is 0.474 e. The maximum absolute atomic E-state index is 12.9. The van der Waals surface area contributed by atoms with Crippen LogP contribution >= 0.6 is 0 Å². The van der Waals surface area contributed by atoms with Crippen LogP contribution in [0.15, 0.2) is 36.4 Å². The number of anilines is 3. The zero-order valence-corrected chi connectivity index (χ0v) is 13.7. The number of pyridine rings is 1. The average molecular weight is 344 g/mol. The summed E-state index contributed by atoms with van der Waals surface area (Å²) in [4.78, 5) is 30.3. The van der Waals surface area contributed by atoms with Gasteiger partial charge in [0.1, 0.15) is 18.2 Å². The quantitative estimate of drug-likeness (QED) is 0.887. The summed E-state index contributed by atoms with van der Waals surface area (Å²) >= 11 is 0. The Balaban J connectivity index is 1.85. The molecule has 7 nitrogen and oxygen atoms in total. The molecular formula is C17H17FN4O3. The summed E-state index contributed by atoms with van der Waals surface area (Å²) in [6.07, 6.45) is 0. The summed E-state index contributed by atoms with van der Waals surface area (Å²) < 4.78 is 18.6. The number of hydrogen-bond donors (Lipinski definition) is 2. The van der Waals surface area contributed by atoms with E-state index in [1.54, 1.807) is 26.0 Å². The molecule has 2 aromatic rings. The van der Waals surface area contributed by atoms with E-state index in [0.29, 0.717) is 11.4 Å². The minimum absolute atomic E-state index is 0.193. The lowest BCUT2D eigenvalue weighted by Crippen LogP contribution is -2.54. The maximum Gasteiger partial charge on any atom is 0.272 e. The number of ether oxygens (including phenoxy) is 1. The Morgan fingerprint density at radius 3 is 2.64 bits per heavy atom. The number of benzene rings is 1. The first-order valence-electron chi connectivity index (χ1n) is 7.59. The third-order valence-electron chi connectivity index (χ3n) is 3.67. The number of hydrogen-bond acceptors (Lipinski definition) is 5. The molecule has 0 aliphatic carbocycles. The molecule has 2 heterocycles. The van der Waals surface area contributed by atoms with Crippen molar-refractivity contribution in [3.63, 3.8) is 0 Å². The molecule has 3 rings (SSSR count).